The van der Waals surface area contributed by atoms with Crippen LogP contribution in [0, 0.1) is 0 Å². The Morgan fingerprint density at radius 3 is 2.32 bits per heavy atom. The van der Waals surface area contributed by atoms with Crippen molar-refractivity contribution in [3.8, 4) is 5.75 Å². The lowest BCUT2D eigenvalue weighted by molar-refractivity contribution is -0.0150. The Labute approximate surface area is 117 Å². The fourth-order valence-electron chi connectivity index (χ4n) is 2.77. The molecule has 0 radical (unpaired) electrons. The molecule has 1 unspecified atom stereocenters. The van der Waals surface area contributed by atoms with Gasteiger partial charge in [-0.05, 0) is 51.6 Å². The fraction of sp³-hybridized carbons (Fsp3) is 0.625. The molecule has 1 atom stereocenters. The van der Waals surface area contributed by atoms with Gasteiger partial charge in [-0.2, -0.15) is 0 Å². The van der Waals surface area contributed by atoms with Gasteiger partial charge in [0.25, 0.3) is 0 Å². The van der Waals surface area contributed by atoms with Gasteiger partial charge in [0.05, 0.1) is 12.7 Å². The van der Waals surface area contributed by atoms with Crippen molar-refractivity contribution >= 4 is 0 Å². The SMILES string of the molecule is CCOc1cccc(C(O)C(CC)(CC)N(C)C)c1. The molecule has 0 bridgehead atoms. The summed E-state index contributed by atoms with van der Waals surface area (Å²) in [5, 5.41) is 10.8. The molecule has 0 amide bonds. The number of likely N-dealkylation sites (N-methyl/N-ethyl adjacent to an activating group) is 1. The number of nitrogens with zero attached hydrogens (tertiary/aromatic N) is 1. The average Bonchev–Trinajstić information content (AvgIpc) is 2.41. The first kappa shape index (κ1) is 16.0. The predicted molar refractivity (Wildman–Crippen MR) is 79.6 cm³/mol. The zero-order chi connectivity index (χ0) is 14.5. The van der Waals surface area contributed by atoms with E-state index in [0.29, 0.717) is 6.61 Å². The van der Waals surface area contributed by atoms with E-state index in [1.54, 1.807) is 0 Å². The van der Waals surface area contributed by atoms with Crippen LogP contribution in [0.4, 0.5) is 0 Å². The van der Waals surface area contributed by atoms with Crippen LogP contribution in [0.3, 0.4) is 0 Å². The molecule has 0 aromatic heterocycles. The molecule has 19 heavy (non-hydrogen) atoms. The third-order valence-electron chi connectivity index (χ3n) is 4.11. The smallest absolute Gasteiger partial charge is 0.119 e. The Hall–Kier alpha value is -1.06. The van der Waals surface area contributed by atoms with Gasteiger partial charge < -0.3 is 14.7 Å². The van der Waals surface area contributed by atoms with E-state index in [0.717, 1.165) is 24.2 Å². The van der Waals surface area contributed by atoms with Crippen LogP contribution in [-0.2, 0) is 0 Å². The van der Waals surface area contributed by atoms with E-state index in [-0.39, 0.29) is 5.54 Å². The maximum absolute atomic E-state index is 10.8. The van der Waals surface area contributed by atoms with Crippen LogP contribution >= 0.6 is 0 Å². The van der Waals surface area contributed by atoms with Crippen molar-refractivity contribution in [1.82, 2.24) is 4.90 Å². The highest BCUT2D eigenvalue weighted by atomic mass is 16.5. The fourth-order valence-corrected chi connectivity index (χ4v) is 2.77. The summed E-state index contributed by atoms with van der Waals surface area (Å²) >= 11 is 0. The van der Waals surface area contributed by atoms with E-state index in [9.17, 15) is 5.11 Å². The minimum absolute atomic E-state index is 0.231. The summed E-state index contributed by atoms with van der Waals surface area (Å²) in [6.07, 6.45) is 1.28. The third-order valence-corrected chi connectivity index (χ3v) is 4.11. The lowest BCUT2D eigenvalue weighted by Gasteiger charge is -2.42. The summed E-state index contributed by atoms with van der Waals surface area (Å²) in [6, 6.07) is 7.78. The molecule has 1 aromatic carbocycles. The molecule has 0 saturated carbocycles. The molecule has 108 valence electrons. The standard InChI is InChI=1S/C16H27NO2/c1-6-16(7-2,17(4)5)15(18)13-10-9-11-14(12-13)19-8-3/h9-12,15,18H,6-8H2,1-5H3. The molecule has 0 saturated heterocycles. The first-order valence-corrected chi connectivity index (χ1v) is 7.10. The second-order valence-corrected chi connectivity index (χ2v) is 5.11. The van der Waals surface area contributed by atoms with Gasteiger partial charge >= 0.3 is 0 Å². The van der Waals surface area contributed by atoms with Crippen LogP contribution in [0.25, 0.3) is 0 Å². The van der Waals surface area contributed by atoms with Crippen molar-refractivity contribution in [3.63, 3.8) is 0 Å². The molecule has 0 aliphatic carbocycles. The number of rotatable bonds is 7. The van der Waals surface area contributed by atoms with E-state index in [2.05, 4.69) is 18.7 Å². The van der Waals surface area contributed by atoms with E-state index in [4.69, 9.17) is 4.74 Å². The molecule has 0 spiro atoms. The number of benzene rings is 1. The molecule has 0 aliphatic heterocycles. The summed E-state index contributed by atoms with van der Waals surface area (Å²) in [7, 11) is 4.06. The third kappa shape index (κ3) is 3.28. The van der Waals surface area contributed by atoms with Crippen molar-refractivity contribution in [2.45, 2.75) is 45.3 Å². The van der Waals surface area contributed by atoms with E-state index in [1.807, 2.05) is 45.3 Å². The van der Waals surface area contributed by atoms with Gasteiger partial charge in [0.2, 0.25) is 0 Å². The summed E-state index contributed by atoms with van der Waals surface area (Å²) < 4.78 is 5.51. The van der Waals surface area contributed by atoms with Crippen LogP contribution in [0.15, 0.2) is 24.3 Å². The zero-order valence-corrected chi connectivity index (χ0v) is 12.8. The molecule has 1 rings (SSSR count). The molecule has 3 nitrogen and oxygen atoms in total. The maximum Gasteiger partial charge on any atom is 0.119 e. The zero-order valence-electron chi connectivity index (χ0n) is 12.8. The second kappa shape index (κ2) is 6.92. The Morgan fingerprint density at radius 1 is 1.21 bits per heavy atom. The number of ether oxygens (including phenoxy) is 1. The molecular weight excluding hydrogens is 238 g/mol. The summed E-state index contributed by atoms with van der Waals surface area (Å²) in [5.74, 6) is 0.818. The summed E-state index contributed by atoms with van der Waals surface area (Å²) in [4.78, 5) is 2.13. The van der Waals surface area contributed by atoms with Crippen LogP contribution in [0.2, 0.25) is 0 Å². The topological polar surface area (TPSA) is 32.7 Å². The van der Waals surface area contributed by atoms with Crippen molar-refractivity contribution in [1.29, 1.82) is 0 Å². The molecule has 0 heterocycles. The van der Waals surface area contributed by atoms with Gasteiger partial charge in [-0.3, -0.25) is 0 Å². The Morgan fingerprint density at radius 2 is 1.84 bits per heavy atom. The molecule has 1 N–H and O–H groups in total. The number of aliphatic hydroxyl groups excluding tert-OH is 1. The summed E-state index contributed by atoms with van der Waals surface area (Å²) in [5.41, 5.74) is 0.688. The Kier molecular flexibility index (Phi) is 5.83. The van der Waals surface area contributed by atoms with Gasteiger partial charge in [0.15, 0.2) is 0 Å². The van der Waals surface area contributed by atoms with Crippen molar-refractivity contribution in [2.75, 3.05) is 20.7 Å². The van der Waals surface area contributed by atoms with Gasteiger partial charge in [0, 0.05) is 5.54 Å². The minimum Gasteiger partial charge on any atom is -0.494 e. The molecule has 0 fully saturated rings. The van der Waals surface area contributed by atoms with Crippen molar-refractivity contribution < 1.29 is 9.84 Å². The highest BCUT2D eigenvalue weighted by Crippen LogP contribution is 2.36. The highest BCUT2D eigenvalue weighted by molar-refractivity contribution is 5.31. The monoisotopic (exact) mass is 265 g/mol. The first-order valence-electron chi connectivity index (χ1n) is 7.10. The number of hydrogen-bond acceptors (Lipinski definition) is 3. The van der Waals surface area contributed by atoms with Gasteiger partial charge in [-0.25, -0.2) is 0 Å². The Bertz CT molecular complexity index is 386. The molecule has 3 heteroatoms. The first-order chi connectivity index (χ1) is 9.01. The minimum atomic E-state index is -0.516. The average molecular weight is 265 g/mol. The lowest BCUT2D eigenvalue weighted by Crippen LogP contribution is -2.48. The van der Waals surface area contributed by atoms with Crippen LogP contribution in [-0.4, -0.2) is 36.2 Å². The van der Waals surface area contributed by atoms with E-state index in [1.165, 1.54) is 0 Å². The van der Waals surface area contributed by atoms with Crippen LogP contribution < -0.4 is 4.74 Å². The molecule has 0 aliphatic rings. The quantitative estimate of drug-likeness (QED) is 0.821. The van der Waals surface area contributed by atoms with E-state index < -0.39 is 6.10 Å². The number of hydrogen-bond donors (Lipinski definition) is 1. The van der Waals surface area contributed by atoms with E-state index >= 15 is 0 Å². The highest BCUT2D eigenvalue weighted by Gasteiger charge is 2.37. The summed E-state index contributed by atoms with van der Waals surface area (Å²) in [6.45, 7) is 6.85. The van der Waals surface area contributed by atoms with Crippen molar-refractivity contribution in [2.24, 2.45) is 0 Å². The Balaban J connectivity index is 3.09. The maximum atomic E-state index is 10.8. The molecule has 1 aromatic rings. The normalized spacial score (nSPS) is 13.6. The van der Waals surface area contributed by atoms with Gasteiger partial charge in [-0.1, -0.05) is 26.0 Å². The van der Waals surface area contributed by atoms with Crippen molar-refractivity contribution in [3.05, 3.63) is 29.8 Å². The second-order valence-electron chi connectivity index (χ2n) is 5.11. The molecular formula is C16H27NO2. The number of aliphatic hydroxyl groups is 1. The van der Waals surface area contributed by atoms with Gasteiger partial charge in [0.1, 0.15) is 5.75 Å². The largest absolute Gasteiger partial charge is 0.494 e. The van der Waals surface area contributed by atoms with Crippen LogP contribution in [0.1, 0.15) is 45.3 Å². The predicted octanol–water partition coefficient (Wildman–Crippen LogP) is 3.24. The van der Waals surface area contributed by atoms with Gasteiger partial charge in [-0.15, -0.1) is 0 Å². The van der Waals surface area contributed by atoms with Crippen LogP contribution in [0.5, 0.6) is 5.75 Å². The lowest BCUT2D eigenvalue weighted by atomic mass is 9.81.